The van der Waals surface area contributed by atoms with E-state index in [4.69, 9.17) is 4.74 Å². The molecule has 33 heavy (non-hydrogen) atoms. The van der Waals surface area contributed by atoms with E-state index >= 15 is 0 Å². The Morgan fingerprint density at radius 1 is 1.09 bits per heavy atom. The number of carbonyl (C=O) groups excluding carboxylic acids is 1. The van der Waals surface area contributed by atoms with Gasteiger partial charge in [-0.05, 0) is 49.9 Å². The fraction of sp³-hybridized carbons (Fsp3) is 0.280. The van der Waals surface area contributed by atoms with Gasteiger partial charge in [0.25, 0.3) is 11.5 Å². The summed E-state index contributed by atoms with van der Waals surface area (Å²) in [5.41, 5.74) is 3.12. The molecule has 0 bridgehead atoms. The Labute approximate surface area is 190 Å². The Morgan fingerprint density at radius 2 is 1.88 bits per heavy atom. The van der Waals surface area contributed by atoms with Gasteiger partial charge in [-0.3, -0.25) is 14.7 Å². The van der Waals surface area contributed by atoms with E-state index in [2.05, 4.69) is 25.7 Å². The van der Waals surface area contributed by atoms with Gasteiger partial charge in [0.2, 0.25) is 0 Å². The molecule has 3 N–H and O–H groups in total. The third-order valence-electron chi connectivity index (χ3n) is 6.45. The summed E-state index contributed by atoms with van der Waals surface area (Å²) in [6.45, 7) is 0. The van der Waals surface area contributed by atoms with Crippen molar-refractivity contribution in [2.24, 2.45) is 0 Å². The third kappa shape index (κ3) is 4.11. The molecule has 0 unspecified atom stereocenters. The van der Waals surface area contributed by atoms with E-state index in [9.17, 15) is 9.59 Å². The Hall–Kier alpha value is -3.94. The standard InChI is InChI=1S/C25H25N5O3/c1-33-22-12-16(8-11-19(22)17-13-26-27-14-17)24(31)28-18-9-6-15(7-10-18)23-20-4-2-3-5-21(20)25(32)30-29-23/h2-5,8,11-15,18H,6-7,9-10H2,1H3,(H,26,27)(H,28,31)(H,30,32)/t15-,18-. The molecule has 0 aliphatic heterocycles. The molecular formula is C25H25N5O3. The van der Waals surface area contributed by atoms with Crippen molar-refractivity contribution in [1.82, 2.24) is 25.7 Å². The van der Waals surface area contributed by atoms with Crippen LogP contribution in [0.4, 0.5) is 0 Å². The number of hydrogen-bond acceptors (Lipinski definition) is 5. The van der Waals surface area contributed by atoms with Crippen molar-refractivity contribution in [3.8, 4) is 16.9 Å². The predicted molar refractivity (Wildman–Crippen MR) is 125 cm³/mol. The van der Waals surface area contributed by atoms with Crippen molar-refractivity contribution in [2.75, 3.05) is 7.11 Å². The SMILES string of the molecule is COc1cc(C(=O)N[C@H]2CC[C@H](c3n[nH]c(=O)c4ccccc43)CC2)ccc1-c1cn[nH]c1. The number of ether oxygens (including phenoxy) is 1. The fourth-order valence-electron chi connectivity index (χ4n) is 4.70. The molecule has 1 fully saturated rings. The summed E-state index contributed by atoms with van der Waals surface area (Å²) in [6.07, 6.45) is 7.02. The van der Waals surface area contributed by atoms with Gasteiger partial charge in [0, 0.05) is 40.2 Å². The summed E-state index contributed by atoms with van der Waals surface area (Å²) >= 11 is 0. The van der Waals surface area contributed by atoms with Crippen LogP contribution in [0.2, 0.25) is 0 Å². The summed E-state index contributed by atoms with van der Waals surface area (Å²) in [5.74, 6) is 0.779. The number of benzene rings is 2. The molecule has 4 aromatic rings. The minimum atomic E-state index is -0.162. The van der Waals surface area contributed by atoms with E-state index in [0.717, 1.165) is 47.9 Å². The van der Waals surface area contributed by atoms with E-state index in [1.54, 1.807) is 25.6 Å². The highest BCUT2D eigenvalue weighted by atomic mass is 16.5. The molecule has 168 valence electrons. The molecule has 0 radical (unpaired) electrons. The first-order valence-corrected chi connectivity index (χ1v) is 11.1. The zero-order valence-corrected chi connectivity index (χ0v) is 18.3. The first-order valence-electron chi connectivity index (χ1n) is 11.1. The van der Waals surface area contributed by atoms with Crippen LogP contribution in [0.3, 0.4) is 0 Å². The van der Waals surface area contributed by atoms with E-state index in [-0.39, 0.29) is 23.4 Å². The number of nitrogens with one attached hydrogen (secondary N) is 3. The number of amides is 1. The molecule has 2 aromatic carbocycles. The number of nitrogens with zero attached hydrogens (tertiary/aromatic N) is 2. The normalized spacial score (nSPS) is 18.2. The molecule has 1 aliphatic carbocycles. The lowest BCUT2D eigenvalue weighted by Gasteiger charge is -2.29. The summed E-state index contributed by atoms with van der Waals surface area (Å²) in [7, 11) is 1.59. The number of aromatic amines is 2. The Kier molecular flexibility index (Phi) is 5.64. The summed E-state index contributed by atoms with van der Waals surface area (Å²) < 4.78 is 5.50. The molecule has 5 rings (SSSR count). The van der Waals surface area contributed by atoms with Crippen molar-refractivity contribution in [3.63, 3.8) is 0 Å². The lowest BCUT2D eigenvalue weighted by molar-refractivity contribution is 0.0925. The molecule has 1 amide bonds. The van der Waals surface area contributed by atoms with Gasteiger partial charge >= 0.3 is 0 Å². The highest BCUT2D eigenvalue weighted by Gasteiger charge is 2.26. The second-order valence-corrected chi connectivity index (χ2v) is 8.41. The van der Waals surface area contributed by atoms with Crippen LogP contribution in [0.15, 0.2) is 59.7 Å². The van der Waals surface area contributed by atoms with Crippen molar-refractivity contribution in [2.45, 2.75) is 37.6 Å². The van der Waals surface area contributed by atoms with Gasteiger partial charge in [0.1, 0.15) is 5.75 Å². The van der Waals surface area contributed by atoms with Crippen LogP contribution in [0.25, 0.3) is 21.9 Å². The molecule has 8 nitrogen and oxygen atoms in total. The predicted octanol–water partition coefficient (Wildman–Crippen LogP) is 3.78. The largest absolute Gasteiger partial charge is 0.496 e. The average Bonchev–Trinajstić information content (AvgIpc) is 3.39. The van der Waals surface area contributed by atoms with Crippen molar-refractivity contribution < 1.29 is 9.53 Å². The smallest absolute Gasteiger partial charge is 0.272 e. The van der Waals surface area contributed by atoms with Crippen molar-refractivity contribution >= 4 is 16.7 Å². The van der Waals surface area contributed by atoms with E-state index < -0.39 is 0 Å². The summed E-state index contributed by atoms with van der Waals surface area (Å²) in [5, 5.41) is 18.5. The fourth-order valence-corrected chi connectivity index (χ4v) is 4.70. The number of H-pyrrole nitrogens is 2. The summed E-state index contributed by atoms with van der Waals surface area (Å²) in [4.78, 5) is 25.0. The van der Waals surface area contributed by atoms with Gasteiger partial charge in [-0.2, -0.15) is 10.2 Å². The number of aromatic nitrogens is 4. The first kappa shape index (κ1) is 20.9. The number of rotatable bonds is 5. The molecule has 0 atom stereocenters. The van der Waals surface area contributed by atoms with Gasteiger partial charge < -0.3 is 10.1 Å². The molecule has 2 aromatic heterocycles. The van der Waals surface area contributed by atoms with Gasteiger partial charge in [-0.1, -0.05) is 18.2 Å². The zero-order chi connectivity index (χ0) is 22.8. The van der Waals surface area contributed by atoms with Crippen molar-refractivity contribution in [1.29, 1.82) is 0 Å². The third-order valence-corrected chi connectivity index (χ3v) is 6.45. The number of carbonyl (C=O) groups is 1. The summed E-state index contributed by atoms with van der Waals surface area (Å²) in [6, 6.07) is 13.1. The monoisotopic (exact) mass is 443 g/mol. The van der Waals surface area contributed by atoms with Crippen LogP contribution >= 0.6 is 0 Å². The number of hydrogen-bond donors (Lipinski definition) is 3. The van der Waals surface area contributed by atoms with Gasteiger partial charge in [-0.25, -0.2) is 5.10 Å². The highest BCUT2D eigenvalue weighted by molar-refractivity contribution is 5.95. The van der Waals surface area contributed by atoms with Crippen LogP contribution in [-0.4, -0.2) is 39.5 Å². The second-order valence-electron chi connectivity index (χ2n) is 8.41. The Morgan fingerprint density at radius 3 is 2.61 bits per heavy atom. The minimum Gasteiger partial charge on any atom is -0.496 e. The number of fused-ring (bicyclic) bond motifs is 1. The molecule has 0 saturated heterocycles. The lowest BCUT2D eigenvalue weighted by atomic mass is 9.82. The van der Waals surface area contributed by atoms with Gasteiger partial charge in [-0.15, -0.1) is 0 Å². The molecule has 1 saturated carbocycles. The van der Waals surface area contributed by atoms with Gasteiger partial charge in [0.15, 0.2) is 0 Å². The zero-order valence-electron chi connectivity index (χ0n) is 18.3. The maximum absolute atomic E-state index is 12.9. The topological polar surface area (TPSA) is 113 Å². The van der Waals surface area contributed by atoms with Gasteiger partial charge in [0.05, 0.1) is 24.4 Å². The number of methoxy groups -OCH3 is 1. The Balaban J connectivity index is 1.26. The molecule has 0 spiro atoms. The molecular weight excluding hydrogens is 418 g/mol. The van der Waals surface area contributed by atoms with E-state index in [1.807, 2.05) is 36.4 Å². The van der Waals surface area contributed by atoms with Crippen LogP contribution in [0, 0.1) is 0 Å². The average molecular weight is 444 g/mol. The van der Waals surface area contributed by atoms with E-state index in [0.29, 0.717) is 16.7 Å². The maximum atomic E-state index is 12.9. The molecule has 1 aliphatic rings. The highest BCUT2D eigenvalue weighted by Crippen LogP contribution is 2.35. The van der Waals surface area contributed by atoms with Crippen LogP contribution < -0.4 is 15.6 Å². The minimum absolute atomic E-state index is 0.0994. The Bertz CT molecular complexity index is 1340. The molecule has 8 heteroatoms. The van der Waals surface area contributed by atoms with Crippen LogP contribution in [0.1, 0.15) is 47.7 Å². The van der Waals surface area contributed by atoms with Crippen LogP contribution in [-0.2, 0) is 0 Å². The van der Waals surface area contributed by atoms with Crippen molar-refractivity contribution in [3.05, 3.63) is 76.5 Å². The second kappa shape index (κ2) is 8.90. The first-order chi connectivity index (χ1) is 16.1. The molecule has 2 heterocycles. The maximum Gasteiger partial charge on any atom is 0.272 e. The quantitative estimate of drug-likeness (QED) is 0.435. The van der Waals surface area contributed by atoms with E-state index in [1.165, 1.54) is 0 Å². The van der Waals surface area contributed by atoms with Crippen LogP contribution in [0.5, 0.6) is 5.75 Å². The lowest BCUT2D eigenvalue weighted by Crippen LogP contribution is -2.37.